The molecule has 0 radical (unpaired) electrons. The Hall–Kier alpha value is -1.55. The largest absolute Gasteiger partial charge is 0.374 e. The minimum Gasteiger partial charge on any atom is -0.374 e. The fourth-order valence-electron chi connectivity index (χ4n) is 1.52. The highest BCUT2D eigenvalue weighted by Gasteiger charge is 2.18. The van der Waals surface area contributed by atoms with Gasteiger partial charge >= 0.3 is 0 Å². The Balaban J connectivity index is 1.94. The van der Waals surface area contributed by atoms with Gasteiger partial charge in [-0.15, -0.1) is 10.2 Å². The van der Waals surface area contributed by atoms with Gasteiger partial charge in [-0.25, -0.2) is 0 Å². The molecule has 1 heterocycles. The Labute approximate surface area is 121 Å². The third-order valence-corrected chi connectivity index (χ3v) is 4.59. The molecule has 0 saturated heterocycles. The van der Waals surface area contributed by atoms with Crippen molar-refractivity contribution in [2.24, 2.45) is 0 Å². The summed E-state index contributed by atoms with van der Waals surface area (Å²) in [6.45, 7) is 1.91. The molecule has 1 aromatic carbocycles. The van der Waals surface area contributed by atoms with Crippen molar-refractivity contribution in [2.75, 3.05) is 5.73 Å². The normalized spacial score (nSPS) is 13.2. The molecular weight excluding hydrogens is 298 g/mol. The lowest BCUT2D eigenvalue weighted by atomic mass is 10.2. The van der Waals surface area contributed by atoms with E-state index in [1.165, 1.54) is 0 Å². The molecule has 1 aromatic heterocycles. The topological polar surface area (TPSA) is 110 Å². The Morgan fingerprint density at radius 3 is 2.60 bits per heavy atom. The zero-order valence-corrected chi connectivity index (χ0v) is 12.4. The molecule has 0 amide bonds. The molecule has 20 heavy (non-hydrogen) atoms. The first kappa shape index (κ1) is 14.9. The van der Waals surface area contributed by atoms with Gasteiger partial charge in [0.15, 0.2) is 0 Å². The lowest BCUT2D eigenvalue weighted by molar-refractivity contribution is 0.550. The van der Waals surface area contributed by atoms with Gasteiger partial charge in [0, 0.05) is 6.54 Å². The van der Waals surface area contributed by atoms with Crippen molar-refractivity contribution in [3.05, 3.63) is 40.9 Å². The van der Waals surface area contributed by atoms with Gasteiger partial charge in [0.25, 0.3) is 10.2 Å². The second kappa shape index (κ2) is 6.27. The van der Waals surface area contributed by atoms with Crippen LogP contribution in [0.5, 0.6) is 0 Å². The molecule has 0 bridgehead atoms. The molecule has 108 valence electrons. The Morgan fingerprint density at radius 1 is 1.30 bits per heavy atom. The van der Waals surface area contributed by atoms with Gasteiger partial charge in [0.05, 0.1) is 6.04 Å². The SMILES string of the molecule is C[C@H](NS(=O)(=O)NCc1ccccc1)c1nnc(N)s1. The Morgan fingerprint density at radius 2 is 2.00 bits per heavy atom. The van der Waals surface area contributed by atoms with Crippen LogP contribution in [0.4, 0.5) is 5.13 Å². The van der Waals surface area contributed by atoms with Crippen molar-refractivity contribution in [1.29, 1.82) is 0 Å². The van der Waals surface area contributed by atoms with E-state index in [1.807, 2.05) is 30.3 Å². The predicted octanol–water partition coefficient (Wildman–Crippen LogP) is 0.805. The van der Waals surface area contributed by atoms with Crippen LogP contribution in [0.25, 0.3) is 0 Å². The summed E-state index contributed by atoms with van der Waals surface area (Å²) in [5, 5.41) is 8.29. The molecule has 2 rings (SSSR count). The van der Waals surface area contributed by atoms with E-state index >= 15 is 0 Å². The average molecular weight is 313 g/mol. The number of benzene rings is 1. The number of hydrogen-bond donors (Lipinski definition) is 3. The second-order valence-corrected chi connectivity index (χ2v) is 6.70. The molecule has 0 aliphatic rings. The number of nitrogen functional groups attached to an aromatic ring is 1. The van der Waals surface area contributed by atoms with Crippen molar-refractivity contribution < 1.29 is 8.42 Å². The molecule has 1 atom stereocenters. The third-order valence-electron chi connectivity index (χ3n) is 2.47. The maximum Gasteiger partial charge on any atom is 0.277 e. The highest BCUT2D eigenvalue weighted by atomic mass is 32.2. The van der Waals surface area contributed by atoms with Crippen LogP contribution >= 0.6 is 11.3 Å². The lowest BCUT2D eigenvalue weighted by Gasteiger charge is -2.12. The molecule has 4 N–H and O–H groups in total. The van der Waals surface area contributed by atoms with E-state index in [0.717, 1.165) is 16.9 Å². The number of anilines is 1. The quantitative estimate of drug-likeness (QED) is 0.731. The van der Waals surface area contributed by atoms with Crippen LogP contribution in [0.1, 0.15) is 23.5 Å². The highest BCUT2D eigenvalue weighted by Crippen LogP contribution is 2.19. The van der Waals surface area contributed by atoms with E-state index in [2.05, 4.69) is 19.6 Å². The molecule has 0 fully saturated rings. The standard InChI is InChI=1S/C11H15N5O2S2/c1-8(10-14-15-11(12)19-10)16-20(17,18)13-7-9-5-3-2-4-6-9/h2-6,8,13,16H,7H2,1H3,(H2,12,15)/t8-/m0/s1. The summed E-state index contributed by atoms with van der Waals surface area (Å²) < 4.78 is 28.7. The van der Waals surface area contributed by atoms with Crippen molar-refractivity contribution >= 4 is 26.7 Å². The summed E-state index contributed by atoms with van der Waals surface area (Å²) in [5.74, 6) is 0. The van der Waals surface area contributed by atoms with Crippen molar-refractivity contribution in [1.82, 2.24) is 19.6 Å². The minimum atomic E-state index is -3.62. The van der Waals surface area contributed by atoms with Crippen LogP contribution in [0.2, 0.25) is 0 Å². The van der Waals surface area contributed by atoms with Gasteiger partial charge < -0.3 is 5.73 Å². The molecule has 7 nitrogen and oxygen atoms in total. The number of nitrogens with one attached hydrogen (secondary N) is 2. The van der Waals surface area contributed by atoms with Gasteiger partial charge in [0.1, 0.15) is 5.01 Å². The molecule has 0 unspecified atom stereocenters. The first-order chi connectivity index (χ1) is 9.46. The fraction of sp³-hybridized carbons (Fsp3) is 0.273. The molecule has 9 heteroatoms. The molecule has 0 saturated carbocycles. The summed E-state index contributed by atoms with van der Waals surface area (Å²) in [7, 11) is -3.62. The van der Waals surface area contributed by atoms with Gasteiger partial charge in [-0.2, -0.15) is 17.9 Å². The van der Waals surface area contributed by atoms with E-state index in [4.69, 9.17) is 5.73 Å². The maximum absolute atomic E-state index is 11.9. The summed E-state index contributed by atoms with van der Waals surface area (Å²) in [6, 6.07) is 8.78. The van der Waals surface area contributed by atoms with E-state index in [-0.39, 0.29) is 6.54 Å². The molecule has 0 aliphatic carbocycles. The van der Waals surface area contributed by atoms with Crippen LogP contribution in [0.15, 0.2) is 30.3 Å². The molecule has 2 aromatic rings. The van der Waals surface area contributed by atoms with Gasteiger partial charge in [0.2, 0.25) is 5.13 Å². The molecule has 0 spiro atoms. The number of nitrogens with two attached hydrogens (primary N) is 1. The zero-order chi connectivity index (χ0) is 14.6. The molecular formula is C11H15N5O2S2. The van der Waals surface area contributed by atoms with Crippen LogP contribution < -0.4 is 15.2 Å². The van der Waals surface area contributed by atoms with Crippen molar-refractivity contribution in [2.45, 2.75) is 19.5 Å². The molecule has 0 aliphatic heterocycles. The summed E-state index contributed by atoms with van der Waals surface area (Å²) in [4.78, 5) is 0. The Kier molecular flexibility index (Phi) is 4.65. The van der Waals surface area contributed by atoms with E-state index in [9.17, 15) is 8.42 Å². The smallest absolute Gasteiger partial charge is 0.277 e. The average Bonchev–Trinajstić information content (AvgIpc) is 2.84. The van der Waals surface area contributed by atoms with Gasteiger partial charge in [-0.3, -0.25) is 0 Å². The first-order valence-corrected chi connectivity index (χ1v) is 8.16. The third kappa shape index (κ3) is 4.23. The summed E-state index contributed by atoms with van der Waals surface area (Å²) >= 11 is 1.15. The summed E-state index contributed by atoms with van der Waals surface area (Å²) in [5.41, 5.74) is 6.35. The lowest BCUT2D eigenvalue weighted by Crippen LogP contribution is -2.37. The van der Waals surface area contributed by atoms with Gasteiger partial charge in [-0.1, -0.05) is 41.7 Å². The number of aromatic nitrogens is 2. The number of nitrogens with zero attached hydrogens (tertiary/aromatic N) is 2. The highest BCUT2D eigenvalue weighted by molar-refractivity contribution is 7.87. The van der Waals surface area contributed by atoms with E-state index in [0.29, 0.717) is 10.1 Å². The van der Waals surface area contributed by atoms with Crippen molar-refractivity contribution in [3.8, 4) is 0 Å². The maximum atomic E-state index is 11.9. The van der Waals surface area contributed by atoms with Crippen LogP contribution in [0.3, 0.4) is 0 Å². The Bertz CT molecular complexity index is 656. The van der Waals surface area contributed by atoms with Crippen molar-refractivity contribution in [3.63, 3.8) is 0 Å². The fourth-order valence-corrected chi connectivity index (χ4v) is 3.23. The second-order valence-electron chi connectivity index (χ2n) is 4.13. The van der Waals surface area contributed by atoms with Crippen LogP contribution in [0, 0.1) is 0 Å². The van der Waals surface area contributed by atoms with Crippen LogP contribution in [-0.4, -0.2) is 18.6 Å². The monoisotopic (exact) mass is 313 g/mol. The summed E-state index contributed by atoms with van der Waals surface area (Å²) in [6.07, 6.45) is 0. The van der Waals surface area contributed by atoms with E-state index in [1.54, 1.807) is 6.92 Å². The minimum absolute atomic E-state index is 0.223. The van der Waals surface area contributed by atoms with Crippen LogP contribution in [-0.2, 0) is 16.8 Å². The number of hydrogen-bond acceptors (Lipinski definition) is 6. The van der Waals surface area contributed by atoms with E-state index < -0.39 is 16.3 Å². The number of rotatable bonds is 6. The van der Waals surface area contributed by atoms with Gasteiger partial charge in [-0.05, 0) is 12.5 Å². The first-order valence-electron chi connectivity index (χ1n) is 5.86. The zero-order valence-electron chi connectivity index (χ0n) is 10.8. The predicted molar refractivity (Wildman–Crippen MR) is 78.1 cm³/mol.